The molecule has 0 saturated heterocycles. The van der Waals surface area contributed by atoms with Crippen molar-refractivity contribution in [3.63, 3.8) is 0 Å². The van der Waals surface area contributed by atoms with Crippen molar-refractivity contribution < 1.29 is 32.3 Å². The van der Waals surface area contributed by atoms with E-state index in [-0.39, 0.29) is 19.4 Å². The summed E-state index contributed by atoms with van der Waals surface area (Å²) in [6.07, 6.45) is 0.00331. The summed E-state index contributed by atoms with van der Waals surface area (Å²) in [6, 6.07) is -1.19. The zero-order valence-corrected chi connectivity index (χ0v) is 11.9. The molecule has 1 aromatic carbocycles. The van der Waals surface area contributed by atoms with E-state index in [2.05, 4.69) is 5.11 Å². The first-order chi connectivity index (χ1) is 11.2. The number of carboxylic acids is 1. The molecule has 24 heavy (non-hydrogen) atoms. The van der Waals surface area contributed by atoms with Gasteiger partial charge in [-0.15, -0.1) is 0 Å². The number of benzene rings is 1. The van der Waals surface area contributed by atoms with Gasteiger partial charge in [-0.3, -0.25) is 9.59 Å². The molecule has 1 unspecified atom stereocenters. The summed E-state index contributed by atoms with van der Waals surface area (Å²) in [6.45, 7) is -0.236. The van der Waals surface area contributed by atoms with Crippen LogP contribution in [0.15, 0.2) is 5.11 Å². The minimum atomic E-state index is -2.02. The van der Waals surface area contributed by atoms with E-state index >= 15 is 0 Å². The van der Waals surface area contributed by atoms with E-state index in [9.17, 15) is 27.2 Å². The van der Waals surface area contributed by atoms with Gasteiger partial charge in [-0.1, -0.05) is 5.11 Å². The smallest absolute Gasteiger partial charge is 0.320 e. The van der Waals surface area contributed by atoms with Crippen molar-refractivity contribution in [3.8, 4) is 0 Å². The number of carbonyl (C=O) groups is 2. The monoisotopic (exact) mass is 349 g/mol. The van der Waals surface area contributed by atoms with Crippen molar-refractivity contribution in [1.29, 1.82) is 0 Å². The molecular weight excluding hydrogens is 338 g/mol. The molecule has 8 nitrogen and oxygen atoms in total. The molecule has 0 saturated carbocycles. The lowest BCUT2D eigenvalue weighted by atomic mass is 10.1. The maximum Gasteiger partial charge on any atom is 0.320 e. The first-order valence-electron chi connectivity index (χ1n) is 6.40. The van der Waals surface area contributed by atoms with Crippen LogP contribution < -0.4 is 11.1 Å². The summed E-state index contributed by atoms with van der Waals surface area (Å²) >= 11 is 0. The van der Waals surface area contributed by atoms with E-state index in [0.29, 0.717) is 0 Å². The second-order valence-electron chi connectivity index (χ2n) is 4.51. The molecule has 1 rings (SSSR count). The van der Waals surface area contributed by atoms with Gasteiger partial charge in [0.15, 0.2) is 23.3 Å². The standard InChI is InChI=1S/C12H11F4N5O3/c13-6-5(7(14)9(16)10(8(6)15)20-21-18)11(22)19-3-1-2-4(17)12(23)24/h4H,1-3,17H2,(H,19,22)(H,23,24). The molecule has 0 fully saturated rings. The third-order valence-electron chi connectivity index (χ3n) is 2.91. The van der Waals surface area contributed by atoms with E-state index in [1.54, 1.807) is 0 Å². The number of halogens is 4. The molecule has 1 amide bonds. The van der Waals surface area contributed by atoms with Crippen LogP contribution in [-0.4, -0.2) is 29.6 Å². The third kappa shape index (κ3) is 4.12. The Balaban J connectivity index is 2.92. The molecule has 0 aliphatic rings. The fraction of sp³-hybridized carbons (Fsp3) is 0.333. The molecule has 0 aliphatic carbocycles. The minimum Gasteiger partial charge on any atom is -0.480 e. The van der Waals surface area contributed by atoms with Gasteiger partial charge in [0.05, 0.1) is 0 Å². The van der Waals surface area contributed by atoms with Gasteiger partial charge in [0.2, 0.25) is 0 Å². The zero-order valence-electron chi connectivity index (χ0n) is 11.9. The second-order valence-corrected chi connectivity index (χ2v) is 4.51. The molecule has 0 bridgehead atoms. The fourth-order valence-corrected chi connectivity index (χ4v) is 1.69. The van der Waals surface area contributed by atoms with Gasteiger partial charge in [0.25, 0.3) is 5.91 Å². The largest absolute Gasteiger partial charge is 0.480 e. The fourth-order valence-electron chi connectivity index (χ4n) is 1.69. The lowest BCUT2D eigenvalue weighted by Crippen LogP contribution is -2.32. The van der Waals surface area contributed by atoms with Crippen molar-refractivity contribution in [2.75, 3.05) is 6.54 Å². The molecule has 0 aliphatic heterocycles. The number of nitrogens with two attached hydrogens (primary N) is 1. The molecule has 0 heterocycles. The molecule has 0 radical (unpaired) electrons. The average Bonchev–Trinajstić information content (AvgIpc) is 2.53. The average molecular weight is 349 g/mol. The number of hydrogen-bond donors (Lipinski definition) is 3. The molecule has 4 N–H and O–H groups in total. The Morgan fingerprint density at radius 2 is 1.75 bits per heavy atom. The highest BCUT2D eigenvalue weighted by Crippen LogP contribution is 2.30. The number of aliphatic carboxylic acids is 1. The second kappa shape index (κ2) is 8.13. The Morgan fingerprint density at radius 3 is 2.21 bits per heavy atom. The SMILES string of the molecule is [N-]=[N+]=Nc1c(F)c(F)c(C(=O)NCCCC(N)C(=O)O)c(F)c1F. The van der Waals surface area contributed by atoms with Gasteiger partial charge >= 0.3 is 5.97 Å². The van der Waals surface area contributed by atoms with Crippen LogP contribution in [0.5, 0.6) is 0 Å². The Morgan fingerprint density at radius 1 is 1.21 bits per heavy atom. The maximum atomic E-state index is 13.7. The van der Waals surface area contributed by atoms with Crippen molar-refractivity contribution in [1.82, 2.24) is 5.32 Å². The van der Waals surface area contributed by atoms with Crippen molar-refractivity contribution in [2.45, 2.75) is 18.9 Å². The van der Waals surface area contributed by atoms with Gasteiger partial charge < -0.3 is 16.2 Å². The number of nitrogens with zero attached hydrogens (tertiary/aromatic N) is 3. The number of amides is 1. The Hall–Kier alpha value is -2.85. The zero-order chi connectivity index (χ0) is 18.4. The van der Waals surface area contributed by atoms with Crippen LogP contribution in [0.1, 0.15) is 23.2 Å². The number of nitrogens with one attached hydrogen (secondary N) is 1. The molecule has 12 heteroatoms. The summed E-state index contributed by atoms with van der Waals surface area (Å²) < 4.78 is 54.4. The molecule has 0 spiro atoms. The first kappa shape index (κ1) is 19.2. The van der Waals surface area contributed by atoms with Gasteiger partial charge in [-0.2, -0.15) is 0 Å². The van der Waals surface area contributed by atoms with Gasteiger partial charge in [0.1, 0.15) is 17.3 Å². The van der Waals surface area contributed by atoms with E-state index in [4.69, 9.17) is 16.4 Å². The number of carboxylic acid groups (broad SMARTS) is 1. The van der Waals surface area contributed by atoms with Crippen molar-refractivity contribution in [2.24, 2.45) is 10.8 Å². The van der Waals surface area contributed by atoms with Gasteiger partial charge in [-0.25, -0.2) is 17.6 Å². The van der Waals surface area contributed by atoms with Crippen molar-refractivity contribution >= 4 is 17.6 Å². The summed E-state index contributed by atoms with van der Waals surface area (Å²) in [4.78, 5) is 24.2. The lowest BCUT2D eigenvalue weighted by molar-refractivity contribution is -0.138. The van der Waals surface area contributed by atoms with Gasteiger partial charge in [0, 0.05) is 11.5 Å². The molecule has 130 valence electrons. The quantitative estimate of drug-likeness (QED) is 0.173. The van der Waals surface area contributed by atoms with Crippen LogP contribution in [0.3, 0.4) is 0 Å². The minimum absolute atomic E-state index is 0.0425. The van der Waals surface area contributed by atoms with E-state index in [1.165, 1.54) is 0 Å². The van der Waals surface area contributed by atoms with E-state index < -0.39 is 52.4 Å². The normalized spacial score (nSPS) is 11.5. The van der Waals surface area contributed by atoms with E-state index in [0.717, 1.165) is 0 Å². The highest BCUT2D eigenvalue weighted by Gasteiger charge is 2.28. The van der Waals surface area contributed by atoms with Crippen LogP contribution in [0.2, 0.25) is 0 Å². The number of hydrogen-bond acceptors (Lipinski definition) is 4. The molecule has 1 aromatic rings. The van der Waals surface area contributed by atoms with Crippen molar-refractivity contribution in [3.05, 3.63) is 39.3 Å². The summed E-state index contributed by atoms with van der Waals surface area (Å²) in [7, 11) is 0. The summed E-state index contributed by atoms with van der Waals surface area (Å²) in [5.41, 5.74) is 10.3. The molecular formula is C12H11F4N5O3. The Kier molecular flexibility index (Phi) is 6.50. The number of rotatable bonds is 7. The van der Waals surface area contributed by atoms with Crippen LogP contribution in [0.25, 0.3) is 10.4 Å². The predicted octanol–water partition coefficient (Wildman–Crippen LogP) is 2.11. The topological polar surface area (TPSA) is 141 Å². The van der Waals surface area contributed by atoms with Crippen LogP contribution >= 0.6 is 0 Å². The summed E-state index contributed by atoms with van der Waals surface area (Å²) in [5, 5.41) is 13.0. The molecule has 1 atom stereocenters. The maximum absolute atomic E-state index is 13.7. The number of carbonyl (C=O) groups excluding carboxylic acids is 1. The highest BCUT2D eigenvalue weighted by molar-refractivity contribution is 5.95. The Bertz CT molecular complexity index is 692. The predicted molar refractivity (Wildman–Crippen MR) is 72.3 cm³/mol. The summed E-state index contributed by atoms with van der Waals surface area (Å²) in [5.74, 6) is -10.8. The number of azide groups is 1. The highest BCUT2D eigenvalue weighted by atomic mass is 19.2. The lowest BCUT2D eigenvalue weighted by Gasteiger charge is -2.10. The van der Waals surface area contributed by atoms with Crippen LogP contribution in [0.4, 0.5) is 23.2 Å². The third-order valence-corrected chi connectivity index (χ3v) is 2.91. The Labute approximate surface area is 131 Å². The van der Waals surface area contributed by atoms with E-state index in [1.807, 2.05) is 10.2 Å². The molecule has 0 aromatic heterocycles. The van der Waals surface area contributed by atoms with Crippen LogP contribution in [0, 0.1) is 23.3 Å². The first-order valence-corrected chi connectivity index (χ1v) is 6.40. The van der Waals surface area contributed by atoms with Gasteiger partial charge in [-0.05, 0) is 18.4 Å². The van der Waals surface area contributed by atoms with Crippen LogP contribution in [-0.2, 0) is 4.79 Å².